The number of hydrogen-bond donors (Lipinski definition) is 1. The molecular weight excluding hydrogens is 382 g/mol. The minimum Gasteiger partial charge on any atom is -0.376 e. The molecule has 1 aromatic carbocycles. The molecule has 0 fully saturated rings. The van der Waals surface area contributed by atoms with Crippen LogP contribution in [0, 0.1) is 26.6 Å². The molecule has 0 spiro atoms. The number of anilines is 1. The van der Waals surface area contributed by atoms with Gasteiger partial charge in [-0.15, -0.1) is 6.07 Å². The molecule has 2 aromatic heterocycles. The Labute approximate surface area is 189 Å². The van der Waals surface area contributed by atoms with Crippen molar-refractivity contribution >= 4 is 17.3 Å². The van der Waals surface area contributed by atoms with E-state index >= 15 is 0 Å². The minimum atomic E-state index is -0.320. The van der Waals surface area contributed by atoms with Gasteiger partial charge in [0.15, 0.2) is 5.82 Å². The van der Waals surface area contributed by atoms with E-state index in [1.165, 1.54) is 18.2 Å². The second-order valence-electron chi connectivity index (χ2n) is 6.57. The van der Waals surface area contributed by atoms with E-state index in [-0.39, 0.29) is 30.2 Å². The molecule has 3 aromatic rings. The fourth-order valence-electron chi connectivity index (χ4n) is 3.26. The normalized spacial score (nSPS) is 13.1. The number of halogens is 2. The van der Waals surface area contributed by atoms with Crippen molar-refractivity contribution in [3.05, 3.63) is 91.4 Å². The van der Waals surface area contributed by atoms with Crippen molar-refractivity contribution in [2.45, 2.75) is 31.7 Å². The van der Waals surface area contributed by atoms with Crippen LogP contribution in [0.5, 0.6) is 0 Å². The number of nitrogens with one attached hydrogen (secondary N) is 1. The summed E-state index contributed by atoms with van der Waals surface area (Å²) >= 11 is 5.51. The van der Waals surface area contributed by atoms with Crippen molar-refractivity contribution in [3.8, 4) is 5.82 Å². The largest absolute Gasteiger partial charge is 1.00 e. The third-order valence-corrected chi connectivity index (χ3v) is 5.11. The van der Waals surface area contributed by atoms with Crippen LogP contribution in [-0.4, -0.2) is 14.5 Å². The molecule has 29 heavy (non-hydrogen) atoms. The van der Waals surface area contributed by atoms with E-state index < -0.39 is 0 Å². The van der Waals surface area contributed by atoms with Crippen LogP contribution in [0.4, 0.5) is 10.1 Å². The molecule has 7 heteroatoms. The number of hydrogen-bond acceptors (Lipinski definition) is 3. The van der Waals surface area contributed by atoms with Gasteiger partial charge in [0.05, 0.1) is 17.6 Å². The fourth-order valence-corrected chi connectivity index (χ4v) is 3.45. The Bertz CT molecular complexity index is 969. The quantitative estimate of drug-likeness (QED) is 0.539. The number of imidazole rings is 1. The SMILES string of the molecule is [CH2-]CC1(C[CH2-])Nc2cccnc2-n2c1cnc2CC.[CH2-]c1cc(Cl)ccc1F.[Li+]. The van der Waals surface area contributed by atoms with E-state index in [9.17, 15) is 4.39 Å². The molecule has 0 aliphatic carbocycles. The molecule has 0 saturated carbocycles. The zero-order valence-corrected chi connectivity index (χ0v) is 17.6. The van der Waals surface area contributed by atoms with Crippen LogP contribution >= 0.6 is 11.6 Å². The zero-order chi connectivity index (χ0) is 20.3. The average molecular weight is 405 g/mol. The molecule has 0 atom stereocenters. The van der Waals surface area contributed by atoms with Crippen LogP contribution in [0.1, 0.15) is 36.8 Å². The number of benzene rings is 1. The first-order chi connectivity index (χ1) is 13.5. The molecule has 0 amide bonds. The van der Waals surface area contributed by atoms with Gasteiger partial charge in [-0.05, 0) is 17.2 Å². The van der Waals surface area contributed by atoms with E-state index in [4.69, 9.17) is 11.6 Å². The molecule has 0 saturated heterocycles. The van der Waals surface area contributed by atoms with Crippen molar-refractivity contribution in [1.29, 1.82) is 0 Å². The third-order valence-electron chi connectivity index (χ3n) is 4.88. The molecule has 1 N–H and O–H groups in total. The summed E-state index contributed by atoms with van der Waals surface area (Å²) in [5.41, 5.74) is 2.22. The van der Waals surface area contributed by atoms with Gasteiger partial charge in [0, 0.05) is 24.0 Å². The Morgan fingerprint density at radius 2 is 1.93 bits per heavy atom. The van der Waals surface area contributed by atoms with Crippen LogP contribution in [-0.2, 0) is 12.0 Å². The van der Waals surface area contributed by atoms with Gasteiger partial charge in [-0.3, -0.25) is 8.96 Å². The number of aryl methyl sites for hydroxylation is 1. The molecular formula is C22H23ClFLiN4-2. The van der Waals surface area contributed by atoms with Gasteiger partial charge in [0.25, 0.3) is 0 Å². The average Bonchev–Trinajstić information content (AvgIpc) is 3.16. The topological polar surface area (TPSA) is 42.7 Å². The van der Waals surface area contributed by atoms with Crippen LogP contribution in [0.25, 0.3) is 5.82 Å². The van der Waals surface area contributed by atoms with E-state index in [2.05, 4.69) is 47.5 Å². The summed E-state index contributed by atoms with van der Waals surface area (Å²) in [6, 6.07) is 8.26. The minimum absolute atomic E-state index is 0. The number of aromatic nitrogens is 3. The first-order valence-corrected chi connectivity index (χ1v) is 9.49. The number of pyridine rings is 1. The summed E-state index contributed by atoms with van der Waals surface area (Å²) in [4.78, 5) is 9.03. The summed E-state index contributed by atoms with van der Waals surface area (Å²) in [5, 5.41) is 4.07. The van der Waals surface area contributed by atoms with Gasteiger partial charge in [-0.2, -0.15) is 25.3 Å². The van der Waals surface area contributed by atoms with E-state index in [0.717, 1.165) is 42.3 Å². The van der Waals surface area contributed by atoms with Crippen LogP contribution in [0.15, 0.2) is 42.7 Å². The second kappa shape index (κ2) is 9.71. The predicted molar refractivity (Wildman–Crippen MR) is 112 cm³/mol. The van der Waals surface area contributed by atoms with Crippen molar-refractivity contribution < 1.29 is 23.3 Å². The summed E-state index contributed by atoms with van der Waals surface area (Å²) < 4.78 is 14.5. The molecule has 1 aliphatic rings. The summed E-state index contributed by atoms with van der Waals surface area (Å²) in [7, 11) is 0. The Hall–Kier alpha value is -1.93. The molecule has 1 aliphatic heterocycles. The maximum atomic E-state index is 12.4. The number of nitrogens with zero attached hydrogens (tertiary/aromatic N) is 3. The summed E-state index contributed by atoms with van der Waals surface area (Å²) in [6.45, 7) is 13.7. The smallest absolute Gasteiger partial charge is 0.376 e. The Kier molecular flexibility index (Phi) is 7.82. The molecule has 3 heterocycles. The summed E-state index contributed by atoms with van der Waals surface area (Å²) in [6.07, 6.45) is 6.06. The van der Waals surface area contributed by atoms with Crippen molar-refractivity contribution in [2.24, 2.45) is 0 Å². The predicted octanol–water partition coefficient (Wildman–Crippen LogP) is 2.56. The van der Waals surface area contributed by atoms with Gasteiger partial charge in [0.2, 0.25) is 0 Å². The number of fused-ring (bicyclic) bond motifs is 3. The van der Waals surface area contributed by atoms with Gasteiger partial charge < -0.3 is 19.2 Å². The van der Waals surface area contributed by atoms with E-state index in [0.29, 0.717) is 10.6 Å². The number of rotatable bonds is 3. The zero-order valence-electron chi connectivity index (χ0n) is 16.9. The fraction of sp³-hybridized carbons (Fsp3) is 0.227. The molecule has 0 unspecified atom stereocenters. The first kappa shape index (κ1) is 23.3. The standard InChI is InChI=1S/C15H18N4.C7H5ClF.Li/c1-4-13-17-10-12-15(5-2,6-3)18-11-8-7-9-16-14(11)19(12)13;1-5-4-6(8)2-3-7(5)9;/h7-10,18H,2-6H2,1H3;2-4H,1H2;/q-2;-1;+1. The molecule has 4 rings (SSSR count). The Balaban J connectivity index is 0.000000255. The molecule has 4 nitrogen and oxygen atoms in total. The molecule has 148 valence electrons. The summed E-state index contributed by atoms with van der Waals surface area (Å²) in [5.74, 6) is 1.63. The van der Waals surface area contributed by atoms with E-state index in [1.807, 2.05) is 24.5 Å². The van der Waals surface area contributed by atoms with Crippen molar-refractivity contribution in [3.63, 3.8) is 0 Å². The van der Waals surface area contributed by atoms with Gasteiger partial charge in [-0.1, -0.05) is 30.7 Å². The van der Waals surface area contributed by atoms with Crippen molar-refractivity contribution in [2.75, 3.05) is 5.32 Å². The molecule has 0 bridgehead atoms. The Morgan fingerprint density at radius 1 is 1.21 bits per heavy atom. The van der Waals surface area contributed by atoms with Crippen LogP contribution in [0.2, 0.25) is 5.02 Å². The van der Waals surface area contributed by atoms with E-state index in [1.54, 1.807) is 0 Å². The first-order valence-electron chi connectivity index (χ1n) is 9.12. The maximum absolute atomic E-state index is 12.4. The maximum Gasteiger partial charge on any atom is 1.00 e. The monoisotopic (exact) mass is 404 g/mol. The van der Waals surface area contributed by atoms with Gasteiger partial charge in [0.1, 0.15) is 5.82 Å². The van der Waals surface area contributed by atoms with Crippen molar-refractivity contribution in [1.82, 2.24) is 14.5 Å². The van der Waals surface area contributed by atoms with Gasteiger partial charge in [-0.25, -0.2) is 9.97 Å². The Morgan fingerprint density at radius 3 is 2.52 bits per heavy atom. The third kappa shape index (κ3) is 4.48. The van der Waals surface area contributed by atoms with Crippen LogP contribution in [0.3, 0.4) is 0 Å². The molecule has 0 radical (unpaired) electrons. The van der Waals surface area contributed by atoms with Crippen LogP contribution < -0.4 is 24.2 Å². The van der Waals surface area contributed by atoms with Gasteiger partial charge >= 0.3 is 18.9 Å². The second-order valence-corrected chi connectivity index (χ2v) is 7.00.